The fourth-order valence-corrected chi connectivity index (χ4v) is 3.70. The molecular formula is C20H22N2O6. The molecule has 0 unspecified atom stereocenters. The van der Waals surface area contributed by atoms with Crippen molar-refractivity contribution in [2.75, 3.05) is 6.61 Å². The Morgan fingerprint density at radius 3 is 2.54 bits per heavy atom. The van der Waals surface area contributed by atoms with Gasteiger partial charge in [-0.15, -0.1) is 0 Å². The van der Waals surface area contributed by atoms with Crippen molar-refractivity contribution in [3.8, 4) is 0 Å². The van der Waals surface area contributed by atoms with E-state index >= 15 is 0 Å². The average Bonchev–Trinajstić information content (AvgIpc) is 2.59. The van der Waals surface area contributed by atoms with Crippen LogP contribution in [0.25, 0.3) is 0 Å². The lowest BCUT2D eigenvalue weighted by Crippen LogP contribution is -2.35. The second kappa shape index (κ2) is 7.10. The number of benzene rings is 1. The van der Waals surface area contributed by atoms with Crippen LogP contribution in [0.15, 0.2) is 47.2 Å². The molecule has 0 spiro atoms. The maximum Gasteiger partial charge on any atom is 0.338 e. The summed E-state index contributed by atoms with van der Waals surface area (Å²) < 4.78 is 10.5. The van der Waals surface area contributed by atoms with Gasteiger partial charge in [0.25, 0.3) is 5.88 Å². The number of nitrogens with zero attached hydrogens (tertiary/aromatic N) is 1. The molecule has 28 heavy (non-hydrogen) atoms. The van der Waals surface area contributed by atoms with Gasteiger partial charge in [-0.2, -0.15) is 0 Å². The van der Waals surface area contributed by atoms with Crippen molar-refractivity contribution in [2.45, 2.75) is 39.5 Å². The normalized spacial score (nSPS) is 21.1. The first-order chi connectivity index (χ1) is 13.1. The lowest BCUT2D eigenvalue weighted by molar-refractivity contribution is -0.433. The highest BCUT2D eigenvalue weighted by molar-refractivity contribution is 5.99. The molecule has 0 fully saturated rings. The van der Waals surface area contributed by atoms with Crippen molar-refractivity contribution in [2.24, 2.45) is 11.1 Å². The van der Waals surface area contributed by atoms with Gasteiger partial charge < -0.3 is 15.2 Å². The Balaban J connectivity index is 2.09. The summed E-state index contributed by atoms with van der Waals surface area (Å²) in [5.74, 6) is -1.56. The first kappa shape index (κ1) is 19.6. The highest BCUT2D eigenvalue weighted by Crippen LogP contribution is 2.48. The van der Waals surface area contributed by atoms with Gasteiger partial charge in [0.05, 0.1) is 22.7 Å². The standard InChI is InChI=1S/C20H22N2O6/c1-4-27-19(24)12-7-5-11(6-8-12)15-16-13(23)9-20(2,3)10-14(16)28-18(21)17(15)22(25)26/h5-8,15H,4,9-10,21H2,1-3H3/t15-/m0/s1. The van der Waals surface area contributed by atoms with E-state index in [-0.39, 0.29) is 41.4 Å². The van der Waals surface area contributed by atoms with Gasteiger partial charge in [0, 0.05) is 12.8 Å². The van der Waals surface area contributed by atoms with Crippen LogP contribution in [-0.4, -0.2) is 23.3 Å². The highest BCUT2D eigenvalue weighted by Gasteiger charge is 2.47. The number of ketones is 1. The average molecular weight is 386 g/mol. The van der Waals surface area contributed by atoms with E-state index in [0.717, 1.165) is 0 Å². The largest absolute Gasteiger partial charge is 0.462 e. The zero-order valence-electron chi connectivity index (χ0n) is 16.0. The zero-order chi connectivity index (χ0) is 20.6. The molecule has 0 radical (unpaired) electrons. The molecule has 1 atom stereocenters. The molecule has 148 valence electrons. The number of allylic oxidation sites excluding steroid dienone is 2. The molecule has 8 nitrogen and oxygen atoms in total. The number of esters is 1. The molecule has 0 saturated carbocycles. The Labute approximate surface area is 162 Å². The van der Waals surface area contributed by atoms with Gasteiger partial charge in [-0.1, -0.05) is 26.0 Å². The minimum Gasteiger partial charge on any atom is -0.462 e. The topological polar surface area (TPSA) is 122 Å². The lowest BCUT2D eigenvalue weighted by Gasteiger charge is -2.36. The molecule has 8 heteroatoms. The Hall–Kier alpha value is -3.16. The monoisotopic (exact) mass is 386 g/mol. The first-order valence-corrected chi connectivity index (χ1v) is 9.00. The summed E-state index contributed by atoms with van der Waals surface area (Å²) in [6.07, 6.45) is 0.717. The smallest absolute Gasteiger partial charge is 0.338 e. The van der Waals surface area contributed by atoms with Crippen LogP contribution in [-0.2, 0) is 14.3 Å². The first-order valence-electron chi connectivity index (χ1n) is 9.00. The summed E-state index contributed by atoms with van der Waals surface area (Å²) in [5, 5.41) is 11.7. The van der Waals surface area contributed by atoms with E-state index in [0.29, 0.717) is 23.3 Å². The minimum absolute atomic E-state index is 0.197. The van der Waals surface area contributed by atoms with Crippen LogP contribution in [0, 0.1) is 15.5 Å². The summed E-state index contributed by atoms with van der Waals surface area (Å²) in [5.41, 5.74) is 6.26. The molecule has 0 bridgehead atoms. The van der Waals surface area contributed by atoms with Crippen LogP contribution in [0.4, 0.5) is 0 Å². The summed E-state index contributed by atoms with van der Waals surface area (Å²) in [7, 11) is 0. The maximum atomic E-state index is 12.9. The zero-order valence-corrected chi connectivity index (χ0v) is 16.0. The van der Waals surface area contributed by atoms with Crippen LogP contribution in [0.2, 0.25) is 0 Å². The number of nitrogens with two attached hydrogens (primary N) is 1. The third-order valence-corrected chi connectivity index (χ3v) is 4.88. The van der Waals surface area contributed by atoms with Crippen molar-refractivity contribution < 1.29 is 24.0 Å². The Bertz CT molecular complexity index is 911. The SMILES string of the molecule is CCOC(=O)c1ccc([C@H]2C3=C(CC(C)(C)CC3=O)OC(N)=C2[N+](=O)[O-])cc1. The molecule has 2 N–H and O–H groups in total. The van der Waals surface area contributed by atoms with Crippen LogP contribution in [0.5, 0.6) is 0 Å². The van der Waals surface area contributed by atoms with Crippen LogP contribution >= 0.6 is 0 Å². The summed E-state index contributed by atoms with van der Waals surface area (Å²) in [6, 6.07) is 6.20. The van der Waals surface area contributed by atoms with E-state index in [9.17, 15) is 19.7 Å². The van der Waals surface area contributed by atoms with Crippen molar-refractivity contribution in [1.82, 2.24) is 0 Å². The number of hydrogen-bond donors (Lipinski definition) is 1. The Kier molecular flexibility index (Phi) is 4.97. The van der Waals surface area contributed by atoms with Gasteiger partial charge >= 0.3 is 11.7 Å². The predicted octanol–water partition coefficient (Wildman–Crippen LogP) is 3.02. The van der Waals surface area contributed by atoms with E-state index in [1.807, 2.05) is 13.8 Å². The van der Waals surface area contributed by atoms with Gasteiger partial charge in [-0.05, 0) is 30.0 Å². The minimum atomic E-state index is -0.946. The number of Topliss-reactive ketones (excluding diaryl/α,β-unsaturated/α-hetero) is 1. The molecule has 1 heterocycles. The second-order valence-electron chi connectivity index (χ2n) is 7.66. The molecule has 1 aliphatic heterocycles. The van der Waals surface area contributed by atoms with Gasteiger partial charge in [0.2, 0.25) is 0 Å². The molecule has 1 aromatic rings. The van der Waals surface area contributed by atoms with Crippen molar-refractivity contribution >= 4 is 11.8 Å². The van der Waals surface area contributed by atoms with Gasteiger partial charge in [0.1, 0.15) is 11.7 Å². The molecule has 1 aromatic carbocycles. The van der Waals surface area contributed by atoms with Crippen molar-refractivity contribution in [3.63, 3.8) is 0 Å². The third-order valence-electron chi connectivity index (χ3n) is 4.88. The van der Waals surface area contributed by atoms with E-state index in [4.69, 9.17) is 15.2 Å². The molecular weight excluding hydrogens is 364 g/mol. The number of nitro groups is 1. The number of rotatable bonds is 4. The van der Waals surface area contributed by atoms with Gasteiger partial charge in [0.15, 0.2) is 5.78 Å². The summed E-state index contributed by atoms with van der Waals surface area (Å²) >= 11 is 0. The summed E-state index contributed by atoms with van der Waals surface area (Å²) in [4.78, 5) is 35.8. The number of hydrogen-bond acceptors (Lipinski definition) is 7. The fourth-order valence-electron chi connectivity index (χ4n) is 3.70. The number of carbonyl (C=O) groups is 2. The molecule has 0 aromatic heterocycles. The van der Waals surface area contributed by atoms with Crippen LogP contribution in [0.3, 0.4) is 0 Å². The van der Waals surface area contributed by atoms with E-state index in [1.165, 1.54) is 12.1 Å². The molecule has 0 saturated heterocycles. The van der Waals surface area contributed by atoms with E-state index in [1.54, 1.807) is 19.1 Å². The maximum absolute atomic E-state index is 12.9. The quantitative estimate of drug-likeness (QED) is 0.479. The second-order valence-corrected chi connectivity index (χ2v) is 7.66. The van der Waals surface area contributed by atoms with E-state index < -0.39 is 16.8 Å². The van der Waals surface area contributed by atoms with Crippen molar-refractivity contribution in [1.29, 1.82) is 0 Å². The molecule has 0 amide bonds. The van der Waals surface area contributed by atoms with Crippen LogP contribution < -0.4 is 5.73 Å². The lowest BCUT2D eigenvalue weighted by atomic mass is 9.71. The molecule has 2 aliphatic rings. The number of carbonyl (C=O) groups excluding carboxylic acids is 2. The Morgan fingerprint density at radius 2 is 1.96 bits per heavy atom. The highest BCUT2D eigenvalue weighted by atomic mass is 16.6. The summed E-state index contributed by atoms with van der Waals surface area (Å²) in [6.45, 7) is 5.81. The van der Waals surface area contributed by atoms with Gasteiger partial charge in [-0.25, -0.2) is 4.79 Å². The van der Waals surface area contributed by atoms with Crippen LogP contribution in [0.1, 0.15) is 55.5 Å². The predicted molar refractivity (Wildman–Crippen MR) is 99.5 cm³/mol. The third kappa shape index (κ3) is 3.49. The van der Waals surface area contributed by atoms with Crippen molar-refractivity contribution in [3.05, 3.63) is 68.4 Å². The number of ether oxygens (including phenoxy) is 2. The van der Waals surface area contributed by atoms with Gasteiger partial charge in [-0.3, -0.25) is 14.9 Å². The van der Waals surface area contributed by atoms with E-state index in [2.05, 4.69) is 0 Å². The fraction of sp³-hybridized carbons (Fsp3) is 0.400. The molecule has 1 aliphatic carbocycles. The molecule has 3 rings (SSSR count). The Morgan fingerprint density at radius 1 is 1.32 bits per heavy atom.